The van der Waals surface area contributed by atoms with Crippen molar-refractivity contribution in [1.29, 1.82) is 0 Å². The second kappa shape index (κ2) is 5.54. The predicted molar refractivity (Wildman–Crippen MR) is 85.9 cm³/mol. The molecule has 4 atom stereocenters. The normalized spacial score (nSPS) is 34.7. The maximum absolute atomic E-state index is 10.9. The van der Waals surface area contributed by atoms with Gasteiger partial charge < -0.3 is 13.9 Å². The molecule has 0 aromatic carbocycles. The molecule has 22 heavy (non-hydrogen) atoms. The van der Waals surface area contributed by atoms with Gasteiger partial charge in [-0.2, -0.15) is 0 Å². The summed E-state index contributed by atoms with van der Waals surface area (Å²) in [6.07, 6.45) is 0.0840. The van der Waals surface area contributed by atoms with Crippen molar-refractivity contribution >= 4 is 8.32 Å². The van der Waals surface area contributed by atoms with Gasteiger partial charge in [-0.15, -0.1) is 0 Å². The molecular weight excluding hydrogens is 302 g/mol. The summed E-state index contributed by atoms with van der Waals surface area (Å²) in [5.41, 5.74) is 0. The first-order valence-electron chi connectivity index (χ1n) is 7.98. The summed E-state index contributed by atoms with van der Waals surface area (Å²) < 4.78 is 18.4. The first-order valence-corrected chi connectivity index (χ1v) is 10.9. The Morgan fingerprint density at radius 1 is 1.27 bits per heavy atom. The Kier molecular flexibility index (Phi) is 4.49. The van der Waals surface area contributed by atoms with Crippen molar-refractivity contribution in [1.82, 2.24) is 0 Å². The smallest absolute Gasteiger partial charge is 0.209 e. The van der Waals surface area contributed by atoms with Gasteiger partial charge >= 0.3 is 0 Å². The fourth-order valence-corrected chi connectivity index (χ4v) is 4.42. The summed E-state index contributed by atoms with van der Waals surface area (Å²) >= 11 is 0. The zero-order valence-electron chi connectivity index (χ0n) is 14.7. The quantitative estimate of drug-likeness (QED) is 0.449. The van der Waals surface area contributed by atoms with Gasteiger partial charge in [0.15, 0.2) is 14.1 Å². The van der Waals surface area contributed by atoms with E-state index in [4.69, 9.17) is 13.9 Å². The van der Waals surface area contributed by atoms with E-state index in [2.05, 4.69) is 33.9 Å². The second-order valence-corrected chi connectivity index (χ2v) is 13.2. The Balaban J connectivity index is 2.17. The fraction of sp³-hybridized carbons (Fsp3) is 1.00. The molecule has 7 heteroatoms. The second-order valence-electron chi connectivity index (χ2n) is 8.49. The van der Waals surface area contributed by atoms with E-state index in [0.29, 0.717) is 6.42 Å². The van der Waals surface area contributed by atoms with Gasteiger partial charge in [-0.3, -0.25) is 10.1 Å². The van der Waals surface area contributed by atoms with E-state index in [1.54, 1.807) is 0 Å². The molecule has 1 heterocycles. The van der Waals surface area contributed by atoms with Crippen LogP contribution >= 0.6 is 0 Å². The molecular formula is C15H29NO5Si. The third kappa shape index (κ3) is 3.53. The van der Waals surface area contributed by atoms with Crippen LogP contribution in [0, 0.1) is 16.0 Å². The average Bonchev–Trinajstić information content (AvgIpc) is 2.73. The largest absolute Gasteiger partial charge is 0.411 e. The molecule has 0 aromatic rings. The molecule has 0 spiro atoms. The SMILES string of the molecule is CC1(C)O[C@@H]2[C@@H](C[N+](=O)[O-])C[C@H](O[Si](C)(C)C(C)(C)C)[C@@H]2O1. The molecule has 128 valence electrons. The van der Waals surface area contributed by atoms with Gasteiger partial charge in [-0.1, -0.05) is 20.8 Å². The van der Waals surface area contributed by atoms with Crippen LogP contribution in [0.15, 0.2) is 0 Å². The Morgan fingerprint density at radius 3 is 2.32 bits per heavy atom. The molecule has 2 rings (SSSR count). The summed E-state index contributed by atoms with van der Waals surface area (Å²) in [5.74, 6) is -0.837. The lowest BCUT2D eigenvalue weighted by molar-refractivity contribution is -0.490. The van der Waals surface area contributed by atoms with Crippen LogP contribution < -0.4 is 0 Å². The van der Waals surface area contributed by atoms with Gasteiger partial charge in [0.05, 0.1) is 18.1 Å². The van der Waals surface area contributed by atoms with E-state index in [1.165, 1.54) is 0 Å². The highest BCUT2D eigenvalue weighted by Gasteiger charge is 2.57. The van der Waals surface area contributed by atoms with Crippen molar-refractivity contribution in [2.75, 3.05) is 6.54 Å². The Hall–Kier alpha value is -0.503. The molecule has 0 aromatic heterocycles. The lowest BCUT2D eigenvalue weighted by Crippen LogP contribution is -2.46. The van der Waals surface area contributed by atoms with Gasteiger partial charge in [0.25, 0.3) is 0 Å². The highest BCUT2D eigenvalue weighted by Crippen LogP contribution is 2.46. The van der Waals surface area contributed by atoms with Crippen molar-refractivity contribution in [2.45, 2.75) is 83.3 Å². The number of nitrogens with zero attached hydrogens (tertiary/aromatic N) is 1. The van der Waals surface area contributed by atoms with Gasteiger partial charge in [-0.25, -0.2) is 0 Å². The Bertz CT molecular complexity index is 446. The average molecular weight is 331 g/mol. The van der Waals surface area contributed by atoms with Crippen molar-refractivity contribution < 1.29 is 18.8 Å². The highest BCUT2D eigenvalue weighted by molar-refractivity contribution is 6.74. The van der Waals surface area contributed by atoms with Crippen molar-refractivity contribution in [3.8, 4) is 0 Å². The summed E-state index contributed by atoms with van der Waals surface area (Å²) in [6, 6.07) is 0. The molecule has 2 aliphatic rings. The molecule has 0 radical (unpaired) electrons. The minimum atomic E-state index is -1.95. The molecule has 0 N–H and O–H groups in total. The number of rotatable bonds is 4. The molecule has 1 aliphatic carbocycles. The molecule has 0 amide bonds. The number of nitro groups is 1. The molecule has 0 unspecified atom stereocenters. The van der Waals surface area contributed by atoms with Crippen LogP contribution in [0.4, 0.5) is 0 Å². The van der Waals surface area contributed by atoms with Crippen LogP contribution in [0.2, 0.25) is 18.1 Å². The van der Waals surface area contributed by atoms with Gasteiger partial charge in [-0.05, 0) is 38.4 Å². The summed E-state index contributed by atoms with van der Waals surface area (Å²) in [7, 11) is -1.95. The molecule has 1 aliphatic heterocycles. The molecule has 6 nitrogen and oxygen atoms in total. The Morgan fingerprint density at radius 2 is 1.82 bits per heavy atom. The minimum absolute atomic E-state index is 0.0853. The maximum atomic E-state index is 10.9. The van der Waals surface area contributed by atoms with Gasteiger partial charge in [0.1, 0.15) is 6.10 Å². The van der Waals surface area contributed by atoms with Crippen molar-refractivity contribution in [3.05, 3.63) is 10.1 Å². The Labute approximate surface area is 133 Å². The van der Waals surface area contributed by atoms with Crippen LogP contribution in [0.5, 0.6) is 0 Å². The first kappa shape index (κ1) is 17.8. The summed E-state index contributed by atoms with van der Waals surface area (Å²) in [5, 5.41) is 11.0. The maximum Gasteiger partial charge on any atom is 0.209 e. The molecule has 2 fully saturated rings. The van der Waals surface area contributed by atoms with Crippen LogP contribution in [0.25, 0.3) is 0 Å². The molecule has 1 saturated carbocycles. The third-order valence-corrected chi connectivity index (χ3v) is 9.67. The van der Waals surface area contributed by atoms with Gasteiger partial charge in [0, 0.05) is 4.92 Å². The van der Waals surface area contributed by atoms with Crippen LogP contribution in [-0.4, -0.2) is 43.9 Å². The first-order chi connectivity index (χ1) is 9.82. The van der Waals surface area contributed by atoms with Crippen molar-refractivity contribution in [3.63, 3.8) is 0 Å². The van der Waals surface area contributed by atoms with E-state index < -0.39 is 14.1 Å². The van der Waals surface area contributed by atoms with Crippen LogP contribution in [0.3, 0.4) is 0 Å². The molecule has 0 bridgehead atoms. The topological polar surface area (TPSA) is 70.8 Å². The van der Waals surface area contributed by atoms with Crippen LogP contribution in [-0.2, 0) is 13.9 Å². The molecule has 1 saturated heterocycles. The number of hydrogen-bond acceptors (Lipinski definition) is 5. The third-order valence-electron chi connectivity index (χ3n) is 5.17. The standard InChI is InChI=1S/C15H29NO5Si/c1-14(2,3)22(6,7)21-11-8-10(9-16(17)18)12-13(11)20-15(4,5)19-12/h10-13H,8-9H2,1-7H3/t10-,11+,12-,13+/m1/s1. The lowest BCUT2D eigenvalue weighted by Gasteiger charge is -2.39. The summed E-state index contributed by atoms with van der Waals surface area (Å²) in [6.45, 7) is 14.6. The van der Waals surface area contributed by atoms with E-state index >= 15 is 0 Å². The summed E-state index contributed by atoms with van der Waals surface area (Å²) in [4.78, 5) is 10.7. The highest BCUT2D eigenvalue weighted by atomic mass is 28.4. The number of hydrogen-bond donors (Lipinski definition) is 0. The zero-order chi connectivity index (χ0) is 16.9. The predicted octanol–water partition coefficient (Wildman–Crippen LogP) is 3.19. The monoisotopic (exact) mass is 331 g/mol. The van der Waals surface area contributed by atoms with Crippen molar-refractivity contribution in [2.24, 2.45) is 5.92 Å². The van der Waals surface area contributed by atoms with E-state index in [0.717, 1.165) is 0 Å². The fourth-order valence-electron chi connectivity index (χ4n) is 3.08. The lowest BCUT2D eigenvalue weighted by atomic mass is 10.1. The van der Waals surface area contributed by atoms with Gasteiger partial charge in [0.2, 0.25) is 6.54 Å². The van der Waals surface area contributed by atoms with Crippen LogP contribution in [0.1, 0.15) is 41.0 Å². The van der Waals surface area contributed by atoms with E-state index in [9.17, 15) is 10.1 Å². The zero-order valence-corrected chi connectivity index (χ0v) is 15.7. The van der Waals surface area contributed by atoms with E-state index in [-0.39, 0.29) is 40.7 Å². The minimum Gasteiger partial charge on any atom is -0.411 e. The van der Waals surface area contributed by atoms with E-state index in [1.807, 2.05) is 13.8 Å². The number of ether oxygens (including phenoxy) is 2. The number of fused-ring (bicyclic) bond motifs is 1.